The van der Waals surface area contributed by atoms with Gasteiger partial charge in [-0.2, -0.15) is 0 Å². The minimum Gasteiger partial charge on any atom is -0.408 e. The van der Waals surface area contributed by atoms with Crippen molar-refractivity contribution in [2.45, 2.75) is 25.8 Å². The van der Waals surface area contributed by atoms with Crippen molar-refractivity contribution in [1.29, 1.82) is 0 Å². The minimum atomic E-state index is -0.393. The summed E-state index contributed by atoms with van der Waals surface area (Å²) in [6.07, 6.45) is 1.19. The molecule has 1 unspecified atom stereocenters. The molecule has 2 aromatic carbocycles. The zero-order chi connectivity index (χ0) is 16.8. The largest absolute Gasteiger partial charge is 0.419 e. The first kappa shape index (κ1) is 14.8. The van der Waals surface area contributed by atoms with E-state index in [0.29, 0.717) is 17.5 Å². The molecule has 4 rings (SSSR count). The Morgan fingerprint density at radius 3 is 2.88 bits per heavy atom. The van der Waals surface area contributed by atoms with Gasteiger partial charge in [0.25, 0.3) is 0 Å². The van der Waals surface area contributed by atoms with Gasteiger partial charge in [-0.1, -0.05) is 24.3 Å². The average molecular weight is 322 g/mol. The molecule has 5 heteroatoms. The number of hydrogen-bond donors (Lipinski definition) is 0. The van der Waals surface area contributed by atoms with Crippen LogP contribution in [0.15, 0.2) is 51.7 Å². The molecule has 24 heavy (non-hydrogen) atoms. The molecule has 122 valence electrons. The van der Waals surface area contributed by atoms with Crippen LogP contribution in [0.1, 0.15) is 18.1 Å². The fraction of sp³-hybridized carbons (Fsp3) is 0.263. The van der Waals surface area contributed by atoms with E-state index in [-0.39, 0.29) is 11.9 Å². The van der Waals surface area contributed by atoms with Gasteiger partial charge >= 0.3 is 5.76 Å². The summed E-state index contributed by atoms with van der Waals surface area (Å²) in [6.45, 7) is 2.07. The molecule has 1 amide bonds. The summed E-state index contributed by atoms with van der Waals surface area (Å²) < 4.78 is 6.59. The molecule has 1 aliphatic heterocycles. The zero-order valence-electron chi connectivity index (χ0n) is 13.7. The van der Waals surface area contributed by atoms with Gasteiger partial charge < -0.3 is 9.32 Å². The summed E-state index contributed by atoms with van der Waals surface area (Å²) in [5.41, 5.74) is 4.34. The Labute approximate surface area is 139 Å². The number of oxazole rings is 1. The van der Waals surface area contributed by atoms with Gasteiger partial charge in [-0.15, -0.1) is 0 Å². The molecule has 0 fully saturated rings. The van der Waals surface area contributed by atoms with Crippen molar-refractivity contribution < 1.29 is 9.21 Å². The maximum Gasteiger partial charge on any atom is 0.419 e. The fourth-order valence-corrected chi connectivity index (χ4v) is 3.49. The van der Waals surface area contributed by atoms with Crippen LogP contribution in [-0.2, 0) is 24.7 Å². The smallest absolute Gasteiger partial charge is 0.408 e. The van der Waals surface area contributed by atoms with Crippen LogP contribution in [0.5, 0.6) is 0 Å². The number of amides is 1. The zero-order valence-corrected chi connectivity index (χ0v) is 13.7. The normalized spacial score (nSPS) is 16.6. The van der Waals surface area contributed by atoms with Crippen molar-refractivity contribution in [3.05, 3.63) is 64.1 Å². The standard InChI is InChI=1S/C19H18N2O3/c1-12-9-14-5-3-4-6-15(14)21(12)18(22)11-13-7-8-17-16(10-13)20(2)19(23)24-17/h3-8,10,12H,9,11H2,1-2H3. The van der Waals surface area contributed by atoms with Crippen LogP contribution in [0.3, 0.4) is 0 Å². The van der Waals surface area contributed by atoms with Crippen molar-refractivity contribution >= 4 is 22.7 Å². The summed E-state index contributed by atoms with van der Waals surface area (Å²) in [7, 11) is 1.67. The second kappa shape index (κ2) is 5.37. The number of aryl methyl sites for hydroxylation is 1. The van der Waals surface area contributed by atoms with E-state index in [0.717, 1.165) is 17.7 Å². The van der Waals surface area contributed by atoms with Gasteiger partial charge in [0.05, 0.1) is 11.9 Å². The third-order valence-corrected chi connectivity index (χ3v) is 4.69. The van der Waals surface area contributed by atoms with E-state index in [2.05, 4.69) is 13.0 Å². The Hall–Kier alpha value is -2.82. The van der Waals surface area contributed by atoms with Gasteiger partial charge in [0, 0.05) is 18.8 Å². The first-order valence-corrected chi connectivity index (χ1v) is 8.03. The predicted molar refractivity (Wildman–Crippen MR) is 92.3 cm³/mol. The van der Waals surface area contributed by atoms with Crippen molar-refractivity contribution in [2.24, 2.45) is 7.05 Å². The van der Waals surface area contributed by atoms with Crippen molar-refractivity contribution in [3.8, 4) is 0 Å². The summed E-state index contributed by atoms with van der Waals surface area (Å²) in [6, 6.07) is 13.7. The van der Waals surface area contributed by atoms with Crippen LogP contribution in [0.4, 0.5) is 5.69 Å². The molecule has 0 aliphatic carbocycles. The van der Waals surface area contributed by atoms with Crippen LogP contribution in [0, 0.1) is 0 Å². The van der Waals surface area contributed by atoms with E-state index in [1.165, 1.54) is 10.1 Å². The highest BCUT2D eigenvalue weighted by Crippen LogP contribution is 2.32. The molecule has 1 aliphatic rings. The molecule has 0 bridgehead atoms. The second-order valence-electron chi connectivity index (χ2n) is 6.35. The first-order valence-electron chi connectivity index (χ1n) is 8.03. The van der Waals surface area contributed by atoms with E-state index in [9.17, 15) is 9.59 Å². The number of aromatic nitrogens is 1. The van der Waals surface area contributed by atoms with Gasteiger partial charge in [-0.05, 0) is 42.7 Å². The third-order valence-electron chi connectivity index (χ3n) is 4.69. The number of carbonyl (C=O) groups is 1. The van der Waals surface area contributed by atoms with E-state index >= 15 is 0 Å². The minimum absolute atomic E-state index is 0.0697. The SMILES string of the molecule is CC1Cc2ccccc2N1C(=O)Cc1ccc2oc(=O)n(C)c2c1. The lowest BCUT2D eigenvalue weighted by Gasteiger charge is -2.22. The van der Waals surface area contributed by atoms with E-state index in [1.807, 2.05) is 35.2 Å². The molecule has 1 aromatic heterocycles. The Balaban J connectivity index is 1.65. The topological polar surface area (TPSA) is 55.5 Å². The van der Waals surface area contributed by atoms with Crippen LogP contribution < -0.4 is 10.7 Å². The second-order valence-corrected chi connectivity index (χ2v) is 6.35. The van der Waals surface area contributed by atoms with Crippen LogP contribution in [0.2, 0.25) is 0 Å². The third kappa shape index (κ3) is 2.24. The first-order chi connectivity index (χ1) is 11.5. The number of benzene rings is 2. The monoisotopic (exact) mass is 322 g/mol. The Morgan fingerprint density at radius 1 is 1.25 bits per heavy atom. The van der Waals surface area contributed by atoms with Crippen LogP contribution in [-0.4, -0.2) is 16.5 Å². The van der Waals surface area contributed by atoms with Crippen LogP contribution in [0.25, 0.3) is 11.1 Å². The maximum atomic E-state index is 12.8. The Kier molecular flexibility index (Phi) is 3.30. The number of rotatable bonds is 2. The van der Waals surface area contributed by atoms with Gasteiger partial charge in [-0.25, -0.2) is 4.79 Å². The van der Waals surface area contributed by atoms with E-state index in [1.54, 1.807) is 13.1 Å². The lowest BCUT2D eigenvalue weighted by molar-refractivity contribution is -0.118. The van der Waals surface area contributed by atoms with Gasteiger partial charge in [0.15, 0.2) is 5.58 Å². The predicted octanol–water partition coefficient (Wildman–Crippen LogP) is 2.65. The number of para-hydroxylation sites is 1. The van der Waals surface area contributed by atoms with Crippen molar-refractivity contribution in [2.75, 3.05) is 4.90 Å². The quantitative estimate of drug-likeness (QED) is 0.729. The number of fused-ring (bicyclic) bond motifs is 2. The highest BCUT2D eigenvalue weighted by atomic mass is 16.4. The fourth-order valence-electron chi connectivity index (χ4n) is 3.49. The Morgan fingerprint density at radius 2 is 2.04 bits per heavy atom. The molecule has 0 spiro atoms. The molecule has 0 saturated carbocycles. The molecule has 2 heterocycles. The number of carbonyl (C=O) groups excluding carboxylic acids is 1. The lowest BCUT2D eigenvalue weighted by atomic mass is 10.1. The van der Waals surface area contributed by atoms with Gasteiger partial charge in [0.1, 0.15) is 0 Å². The maximum absolute atomic E-state index is 12.8. The lowest BCUT2D eigenvalue weighted by Crippen LogP contribution is -2.36. The van der Waals surface area contributed by atoms with Crippen molar-refractivity contribution in [3.63, 3.8) is 0 Å². The Bertz CT molecular complexity index is 999. The summed E-state index contributed by atoms with van der Waals surface area (Å²) in [4.78, 5) is 26.3. The molecule has 0 N–H and O–H groups in total. The summed E-state index contributed by atoms with van der Waals surface area (Å²) in [5, 5.41) is 0. The highest BCUT2D eigenvalue weighted by Gasteiger charge is 2.30. The van der Waals surface area contributed by atoms with Gasteiger partial charge in [0.2, 0.25) is 5.91 Å². The number of nitrogens with zero attached hydrogens (tertiary/aromatic N) is 2. The molecule has 5 nitrogen and oxygen atoms in total. The number of anilines is 1. The molecule has 0 radical (unpaired) electrons. The molecule has 1 atom stereocenters. The molecule has 0 saturated heterocycles. The van der Waals surface area contributed by atoms with E-state index in [4.69, 9.17) is 4.42 Å². The highest BCUT2D eigenvalue weighted by molar-refractivity contribution is 5.97. The van der Waals surface area contributed by atoms with Crippen molar-refractivity contribution in [1.82, 2.24) is 4.57 Å². The summed E-state index contributed by atoms with van der Waals surface area (Å²) >= 11 is 0. The molecular formula is C19H18N2O3. The summed E-state index contributed by atoms with van der Waals surface area (Å²) in [5.74, 6) is -0.323. The van der Waals surface area contributed by atoms with E-state index < -0.39 is 5.76 Å². The van der Waals surface area contributed by atoms with Crippen LogP contribution >= 0.6 is 0 Å². The molecule has 3 aromatic rings. The van der Waals surface area contributed by atoms with Gasteiger partial charge in [-0.3, -0.25) is 9.36 Å². The number of hydrogen-bond acceptors (Lipinski definition) is 3. The average Bonchev–Trinajstić information content (AvgIpc) is 3.04. The molecular weight excluding hydrogens is 304 g/mol.